The molecule has 5 heteroatoms. The zero-order valence-corrected chi connectivity index (χ0v) is 12.4. The number of nitrogens with one attached hydrogen (secondary N) is 1. The van der Waals surface area contributed by atoms with Crippen LogP contribution in [-0.2, 0) is 11.3 Å². The molecular formula is C16H19FN2O2. The molecule has 0 radical (unpaired) electrons. The molecule has 1 aromatic heterocycles. The fourth-order valence-electron chi connectivity index (χ4n) is 2.01. The van der Waals surface area contributed by atoms with Crippen LogP contribution in [-0.4, -0.2) is 24.4 Å². The highest BCUT2D eigenvalue weighted by Crippen LogP contribution is 2.14. The van der Waals surface area contributed by atoms with Gasteiger partial charge in [0.05, 0.1) is 13.1 Å². The van der Waals surface area contributed by atoms with E-state index in [1.165, 1.54) is 6.07 Å². The number of halogens is 1. The van der Waals surface area contributed by atoms with E-state index in [9.17, 15) is 9.18 Å². The Balaban J connectivity index is 1.87. The Labute approximate surface area is 123 Å². The zero-order valence-electron chi connectivity index (χ0n) is 12.4. The number of furan rings is 1. The van der Waals surface area contributed by atoms with E-state index >= 15 is 0 Å². The van der Waals surface area contributed by atoms with Gasteiger partial charge in [0, 0.05) is 5.69 Å². The molecule has 2 aromatic rings. The monoisotopic (exact) mass is 290 g/mol. The molecule has 0 aliphatic rings. The van der Waals surface area contributed by atoms with Gasteiger partial charge >= 0.3 is 0 Å². The Bertz CT molecular complexity index is 637. The number of amides is 1. The van der Waals surface area contributed by atoms with Crippen LogP contribution in [0.5, 0.6) is 0 Å². The lowest BCUT2D eigenvalue weighted by Crippen LogP contribution is -2.29. The molecule has 1 amide bonds. The summed E-state index contributed by atoms with van der Waals surface area (Å²) in [6.07, 6.45) is 0. The van der Waals surface area contributed by atoms with Gasteiger partial charge in [-0.15, -0.1) is 0 Å². The molecule has 1 aromatic carbocycles. The number of anilines is 1. The first-order chi connectivity index (χ1) is 9.94. The Hall–Kier alpha value is -2.14. The summed E-state index contributed by atoms with van der Waals surface area (Å²) in [5.74, 6) is 1.14. The van der Waals surface area contributed by atoms with Crippen molar-refractivity contribution in [2.24, 2.45) is 0 Å². The maximum absolute atomic E-state index is 13.4. The predicted molar refractivity (Wildman–Crippen MR) is 79.5 cm³/mol. The van der Waals surface area contributed by atoms with Crippen molar-refractivity contribution in [3.63, 3.8) is 0 Å². The lowest BCUT2D eigenvalue weighted by Gasteiger charge is -2.15. The highest BCUT2D eigenvalue weighted by atomic mass is 19.1. The van der Waals surface area contributed by atoms with Crippen LogP contribution in [0.1, 0.15) is 17.1 Å². The summed E-state index contributed by atoms with van der Waals surface area (Å²) in [6.45, 7) is 4.31. The lowest BCUT2D eigenvalue weighted by atomic mass is 10.2. The van der Waals surface area contributed by atoms with E-state index in [-0.39, 0.29) is 18.3 Å². The standard InChI is InChI=1S/C16H19FN2O2/c1-11-4-6-13(8-15(11)17)18-16(20)10-19(3)9-14-7-5-12(2)21-14/h4-8H,9-10H2,1-3H3,(H,18,20). The summed E-state index contributed by atoms with van der Waals surface area (Å²) in [6, 6.07) is 8.42. The molecule has 4 nitrogen and oxygen atoms in total. The van der Waals surface area contributed by atoms with Crippen LogP contribution in [0.4, 0.5) is 10.1 Å². The molecule has 0 spiro atoms. The Morgan fingerprint density at radius 1 is 1.29 bits per heavy atom. The van der Waals surface area contributed by atoms with E-state index in [4.69, 9.17) is 4.42 Å². The third kappa shape index (κ3) is 4.43. The molecular weight excluding hydrogens is 271 g/mol. The van der Waals surface area contributed by atoms with Crippen LogP contribution in [0.15, 0.2) is 34.7 Å². The number of hydrogen-bond acceptors (Lipinski definition) is 3. The van der Waals surface area contributed by atoms with Gasteiger partial charge in [0.2, 0.25) is 5.91 Å². The van der Waals surface area contributed by atoms with Crippen molar-refractivity contribution in [1.29, 1.82) is 0 Å². The van der Waals surface area contributed by atoms with Gasteiger partial charge < -0.3 is 9.73 Å². The van der Waals surface area contributed by atoms with E-state index in [0.717, 1.165) is 11.5 Å². The molecule has 0 aliphatic heterocycles. The minimum atomic E-state index is -0.327. The summed E-state index contributed by atoms with van der Waals surface area (Å²) < 4.78 is 18.9. The quantitative estimate of drug-likeness (QED) is 0.920. The highest BCUT2D eigenvalue weighted by molar-refractivity contribution is 5.92. The second-order valence-corrected chi connectivity index (χ2v) is 5.20. The molecule has 0 fully saturated rings. The molecule has 0 saturated heterocycles. The minimum Gasteiger partial charge on any atom is -0.465 e. The lowest BCUT2D eigenvalue weighted by molar-refractivity contribution is -0.117. The first-order valence-electron chi connectivity index (χ1n) is 6.74. The second-order valence-electron chi connectivity index (χ2n) is 5.20. The van der Waals surface area contributed by atoms with Crippen molar-refractivity contribution < 1.29 is 13.6 Å². The van der Waals surface area contributed by atoms with Crippen molar-refractivity contribution in [3.05, 3.63) is 53.2 Å². The third-order valence-corrected chi connectivity index (χ3v) is 3.09. The average Bonchev–Trinajstić information content (AvgIpc) is 2.79. The number of aryl methyl sites for hydroxylation is 2. The third-order valence-electron chi connectivity index (χ3n) is 3.09. The first-order valence-corrected chi connectivity index (χ1v) is 6.74. The van der Waals surface area contributed by atoms with Gasteiger partial charge in [0.25, 0.3) is 0 Å². The summed E-state index contributed by atoms with van der Waals surface area (Å²) in [4.78, 5) is 13.7. The molecule has 1 N–H and O–H groups in total. The van der Waals surface area contributed by atoms with Crippen LogP contribution in [0.3, 0.4) is 0 Å². The highest BCUT2D eigenvalue weighted by Gasteiger charge is 2.10. The van der Waals surface area contributed by atoms with Gasteiger partial charge in [-0.1, -0.05) is 6.07 Å². The van der Waals surface area contributed by atoms with Gasteiger partial charge in [-0.2, -0.15) is 0 Å². The van der Waals surface area contributed by atoms with E-state index in [2.05, 4.69) is 5.32 Å². The van der Waals surface area contributed by atoms with E-state index in [1.54, 1.807) is 19.1 Å². The first kappa shape index (κ1) is 15.3. The largest absolute Gasteiger partial charge is 0.465 e. The summed E-state index contributed by atoms with van der Waals surface area (Å²) >= 11 is 0. The van der Waals surface area contributed by atoms with Gasteiger partial charge in [-0.25, -0.2) is 4.39 Å². The average molecular weight is 290 g/mol. The summed E-state index contributed by atoms with van der Waals surface area (Å²) in [5.41, 5.74) is 1.02. The van der Waals surface area contributed by atoms with Crippen LogP contribution in [0, 0.1) is 19.7 Å². The van der Waals surface area contributed by atoms with Crippen LogP contribution in [0.2, 0.25) is 0 Å². The normalized spacial score (nSPS) is 10.9. The van der Waals surface area contributed by atoms with Crippen molar-refractivity contribution in [2.75, 3.05) is 18.9 Å². The van der Waals surface area contributed by atoms with Gasteiger partial charge in [-0.05, 0) is 50.7 Å². The SMILES string of the molecule is Cc1ccc(CN(C)CC(=O)Nc2ccc(C)c(F)c2)o1. The van der Waals surface area contributed by atoms with Gasteiger partial charge in [0.15, 0.2) is 0 Å². The number of rotatable bonds is 5. The molecule has 0 saturated carbocycles. The Morgan fingerprint density at radius 2 is 2.05 bits per heavy atom. The Kier molecular flexibility index (Phi) is 4.75. The summed E-state index contributed by atoms with van der Waals surface area (Å²) in [7, 11) is 1.83. The molecule has 2 rings (SSSR count). The smallest absolute Gasteiger partial charge is 0.238 e. The van der Waals surface area contributed by atoms with Crippen LogP contribution in [0.25, 0.3) is 0 Å². The number of carbonyl (C=O) groups excluding carboxylic acids is 1. The van der Waals surface area contributed by atoms with Crippen molar-refractivity contribution in [2.45, 2.75) is 20.4 Å². The molecule has 21 heavy (non-hydrogen) atoms. The molecule has 0 unspecified atom stereocenters. The number of likely N-dealkylation sites (N-methyl/N-ethyl adjacent to an activating group) is 1. The van der Waals surface area contributed by atoms with E-state index in [1.807, 2.05) is 31.0 Å². The molecule has 1 heterocycles. The topological polar surface area (TPSA) is 45.5 Å². The van der Waals surface area contributed by atoms with Crippen LogP contribution < -0.4 is 5.32 Å². The maximum Gasteiger partial charge on any atom is 0.238 e. The number of nitrogens with zero attached hydrogens (tertiary/aromatic N) is 1. The zero-order chi connectivity index (χ0) is 15.4. The minimum absolute atomic E-state index is 0.191. The van der Waals surface area contributed by atoms with Crippen molar-refractivity contribution >= 4 is 11.6 Å². The molecule has 0 bridgehead atoms. The number of benzene rings is 1. The second kappa shape index (κ2) is 6.54. The van der Waals surface area contributed by atoms with E-state index in [0.29, 0.717) is 17.8 Å². The fourth-order valence-corrected chi connectivity index (χ4v) is 2.01. The maximum atomic E-state index is 13.4. The number of hydrogen-bond donors (Lipinski definition) is 1. The predicted octanol–water partition coefficient (Wildman–Crippen LogP) is 3.11. The molecule has 0 aliphatic carbocycles. The fraction of sp³-hybridized carbons (Fsp3) is 0.312. The van der Waals surface area contributed by atoms with E-state index < -0.39 is 0 Å². The summed E-state index contributed by atoms with van der Waals surface area (Å²) in [5, 5.41) is 2.68. The van der Waals surface area contributed by atoms with Crippen molar-refractivity contribution in [1.82, 2.24) is 4.90 Å². The Morgan fingerprint density at radius 3 is 2.67 bits per heavy atom. The molecule has 112 valence electrons. The van der Waals surface area contributed by atoms with Gasteiger partial charge in [0.1, 0.15) is 17.3 Å². The van der Waals surface area contributed by atoms with Crippen LogP contribution >= 0.6 is 0 Å². The van der Waals surface area contributed by atoms with Gasteiger partial charge in [-0.3, -0.25) is 9.69 Å². The molecule has 0 atom stereocenters. The van der Waals surface area contributed by atoms with Crippen molar-refractivity contribution in [3.8, 4) is 0 Å². The number of carbonyl (C=O) groups is 1.